The van der Waals surface area contributed by atoms with Crippen LogP contribution in [-0.4, -0.2) is 106 Å². The van der Waals surface area contributed by atoms with Crippen molar-refractivity contribution in [2.45, 2.75) is 43.2 Å². The summed E-state index contributed by atoms with van der Waals surface area (Å²) in [7, 11) is 1.56. The summed E-state index contributed by atoms with van der Waals surface area (Å²) >= 11 is 1.66. The molecule has 0 spiro atoms. The highest BCUT2D eigenvalue weighted by Crippen LogP contribution is 2.33. The van der Waals surface area contributed by atoms with Gasteiger partial charge in [-0.3, -0.25) is 14.5 Å². The molecule has 0 saturated carbocycles. The molecule has 1 fully saturated rings. The van der Waals surface area contributed by atoms with Gasteiger partial charge in [0.25, 0.3) is 5.91 Å². The Morgan fingerprint density at radius 3 is 2.67 bits per heavy atom. The van der Waals surface area contributed by atoms with Crippen molar-refractivity contribution in [3.63, 3.8) is 0 Å². The van der Waals surface area contributed by atoms with Gasteiger partial charge in [-0.25, -0.2) is 0 Å². The van der Waals surface area contributed by atoms with Crippen LogP contribution in [-0.2, 0) is 30.3 Å². The van der Waals surface area contributed by atoms with Crippen molar-refractivity contribution in [1.82, 2.24) is 15.1 Å². The Morgan fingerprint density at radius 1 is 1.17 bits per heavy atom. The molecular weight excluding hydrogens is 482 g/mol. The number of ether oxygens (including phenoxy) is 3. The van der Waals surface area contributed by atoms with Crippen LogP contribution >= 0.6 is 11.8 Å². The molecule has 1 unspecified atom stereocenters. The molecule has 2 aliphatic rings. The summed E-state index contributed by atoms with van der Waals surface area (Å²) in [5, 5.41) is 2.55. The van der Waals surface area contributed by atoms with Crippen LogP contribution in [0.3, 0.4) is 0 Å². The van der Waals surface area contributed by atoms with Gasteiger partial charge >= 0.3 is 0 Å². The van der Waals surface area contributed by atoms with E-state index in [9.17, 15) is 14.4 Å². The molecular formula is C26H39N3O6S. The third-order valence-corrected chi connectivity index (χ3v) is 7.45. The number of fused-ring (bicyclic) bond motifs is 1. The van der Waals surface area contributed by atoms with Gasteiger partial charge < -0.3 is 29.2 Å². The Hall–Kier alpha value is -1.98. The Bertz CT molecular complexity index is 849. The molecule has 1 aromatic rings. The van der Waals surface area contributed by atoms with Crippen molar-refractivity contribution < 1.29 is 28.6 Å². The summed E-state index contributed by atoms with van der Waals surface area (Å²) in [6, 6.07) is 5.08. The number of hydrogen-bond acceptors (Lipinski definition) is 8. The predicted octanol–water partition coefficient (Wildman–Crippen LogP) is 1.97. The second-order valence-electron chi connectivity index (χ2n) is 8.86. The quantitative estimate of drug-likeness (QED) is 0.189. The summed E-state index contributed by atoms with van der Waals surface area (Å²) in [6.45, 7) is 7.92. The third kappa shape index (κ3) is 8.85. The van der Waals surface area contributed by atoms with Gasteiger partial charge in [0.1, 0.15) is 6.29 Å². The molecule has 0 aromatic heterocycles. The van der Waals surface area contributed by atoms with Crippen LogP contribution in [0.1, 0.15) is 41.6 Å². The summed E-state index contributed by atoms with van der Waals surface area (Å²) in [6.07, 6.45) is 3.20. The number of nitrogens with one attached hydrogen (secondary N) is 1. The topological polar surface area (TPSA) is 97.4 Å². The van der Waals surface area contributed by atoms with Gasteiger partial charge in [-0.2, -0.15) is 0 Å². The lowest BCUT2D eigenvalue weighted by Gasteiger charge is -2.26. The standard InChI is InChI=1S/C26H39N3O6S/c1-27-25(31)8-7-21(20-30)29-19-23-22(26(29)32)5-2-6-24(23)36-18-17-34-14-4-13-33-12-3-9-28-10-15-35-16-11-28/h2,5-6,20-21H,3-4,7-19H2,1H3,(H,27,31). The average molecular weight is 522 g/mol. The van der Waals surface area contributed by atoms with Gasteiger partial charge in [0.05, 0.1) is 25.9 Å². The maximum absolute atomic E-state index is 12.9. The largest absolute Gasteiger partial charge is 0.381 e. The van der Waals surface area contributed by atoms with Crippen molar-refractivity contribution in [3.8, 4) is 0 Å². The Kier molecular flexibility index (Phi) is 12.7. The summed E-state index contributed by atoms with van der Waals surface area (Å²) < 4.78 is 16.8. The Morgan fingerprint density at radius 2 is 1.92 bits per heavy atom. The van der Waals surface area contributed by atoms with E-state index in [2.05, 4.69) is 10.2 Å². The van der Waals surface area contributed by atoms with E-state index < -0.39 is 6.04 Å². The Labute approximate surface area is 218 Å². The number of benzene rings is 1. The van der Waals surface area contributed by atoms with Gasteiger partial charge in [0.2, 0.25) is 5.91 Å². The SMILES string of the molecule is CNC(=O)CCC(C=O)N1Cc2c(SCCOCCCOCCCN3CCOCC3)cccc2C1=O. The van der Waals surface area contributed by atoms with Gasteiger partial charge in [-0.15, -0.1) is 11.8 Å². The Balaban J connectivity index is 1.29. The summed E-state index contributed by atoms with van der Waals surface area (Å²) in [5.41, 5.74) is 1.59. The molecule has 2 amide bonds. The summed E-state index contributed by atoms with van der Waals surface area (Å²) in [4.78, 5) is 41.1. The van der Waals surface area contributed by atoms with E-state index in [0.717, 1.165) is 74.8 Å². The van der Waals surface area contributed by atoms with Gasteiger partial charge in [-0.1, -0.05) is 6.07 Å². The van der Waals surface area contributed by atoms with Crippen molar-refractivity contribution in [3.05, 3.63) is 29.3 Å². The van der Waals surface area contributed by atoms with Crippen LogP contribution in [0.2, 0.25) is 0 Å². The second kappa shape index (κ2) is 16.0. The molecule has 0 radical (unpaired) electrons. The van der Waals surface area contributed by atoms with E-state index in [1.807, 2.05) is 12.1 Å². The lowest BCUT2D eigenvalue weighted by Crippen LogP contribution is -2.37. The molecule has 2 heterocycles. The monoisotopic (exact) mass is 521 g/mol. The number of carbonyl (C=O) groups is 3. The van der Waals surface area contributed by atoms with Crippen LogP contribution in [0.4, 0.5) is 0 Å². The number of hydrogen-bond donors (Lipinski definition) is 1. The first-order chi connectivity index (χ1) is 17.6. The number of nitrogens with zero attached hydrogens (tertiary/aromatic N) is 2. The van der Waals surface area contributed by atoms with Crippen LogP contribution in [0.25, 0.3) is 0 Å². The molecule has 36 heavy (non-hydrogen) atoms. The maximum atomic E-state index is 12.9. The lowest BCUT2D eigenvalue weighted by atomic mass is 10.1. The van der Waals surface area contributed by atoms with Gasteiger partial charge in [0.15, 0.2) is 0 Å². The number of aldehydes is 1. The molecule has 0 aliphatic carbocycles. The van der Waals surface area contributed by atoms with Gasteiger partial charge in [0, 0.05) is 75.7 Å². The van der Waals surface area contributed by atoms with Gasteiger partial charge in [-0.05, 0) is 37.0 Å². The smallest absolute Gasteiger partial charge is 0.255 e. The molecule has 1 atom stereocenters. The zero-order chi connectivity index (χ0) is 25.6. The number of morpholine rings is 1. The molecule has 10 heteroatoms. The molecule has 1 N–H and O–H groups in total. The minimum absolute atomic E-state index is 0.141. The van der Waals surface area contributed by atoms with Crippen molar-refractivity contribution in [2.75, 3.05) is 72.1 Å². The lowest BCUT2D eigenvalue weighted by molar-refractivity contribution is -0.121. The molecule has 3 rings (SSSR count). The summed E-state index contributed by atoms with van der Waals surface area (Å²) in [5.74, 6) is 0.485. The van der Waals surface area contributed by atoms with E-state index in [1.54, 1.807) is 29.8 Å². The average Bonchev–Trinajstić information content (AvgIpc) is 3.25. The highest BCUT2D eigenvalue weighted by Gasteiger charge is 2.34. The van der Waals surface area contributed by atoms with E-state index in [-0.39, 0.29) is 18.2 Å². The molecule has 200 valence electrons. The van der Waals surface area contributed by atoms with Crippen molar-refractivity contribution in [1.29, 1.82) is 0 Å². The van der Waals surface area contributed by atoms with E-state index in [4.69, 9.17) is 14.2 Å². The highest BCUT2D eigenvalue weighted by molar-refractivity contribution is 7.99. The molecule has 2 aliphatic heterocycles. The first-order valence-electron chi connectivity index (χ1n) is 12.8. The first-order valence-corrected chi connectivity index (χ1v) is 13.8. The van der Waals surface area contributed by atoms with Crippen LogP contribution < -0.4 is 5.32 Å². The van der Waals surface area contributed by atoms with Crippen LogP contribution in [0.15, 0.2) is 23.1 Å². The number of thioether (sulfide) groups is 1. The van der Waals surface area contributed by atoms with Crippen molar-refractivity contribution >= 4 is 29.9 Å². The fraction of sp³-hybridized carbons (Fsp3) is 0.654. The fourth-order valence-corrected chi connectivity index (χ4v) is 5.27. The normalized spacial score (nSPS) is 16.7. The van der Waals surface area contributed by atoms with Crippen molar-refractivity contribution in [2.24, 2.45) is 0 Å². The number of rotatable bonds is 17. The molecule has 1 aromatic carbocycles. The molecule has 1 saturated heterocycles. The molecule has 0 bridgehead atoms. The molecule has 9 nitrogen and oxygen atoms in total. The minimum Gasteiger partial charge on any atom is -0.381 e. The number of amides is 2. The fourth-order valence-electron chi connectivity index (χ4n) is 4.32. The maximum Gasteiger partial charge on any atom is 0.255 e. The first kappa shape index (κ1) is 28.6. The van der Waals surface area contributed by atoms with E-state index >= 15 is 0 Å². The van der Waals surface area contributed by atoms with E-state index in [0.29, 0.717) is 38.3 Å². The van der Waals surface area contributed by atoms with E-state index in [1.165, 1.54) is 0 Å². The predicted molar refractivity (Wildman–Crippen MR) is 138 cm³/mol. The van der Waals surface area contributed by atoms with Crippen LogP contribution in [0.5, 0.6) is 0 Å². The zero-order valence-corrected chi connectivity index (χ0v) is 22.1. The van der Waals surface area contributed by atoms with Crippen LogP contribution in [0, 0.1) is 0 Å². The zero-order valence-electron chi connectivity index (χ0n) is 21.2. The number of carbonyl (C=O) groups excluding carboxylic acids is 3. The highest BCUT2D eigenvalue weighted by atomic mass is 32.2. The minimum atomic E-state index is -0.607. The third-order valence-electron chi connectivity index (χ3n) is 6.39. The second-order valence-corrected chi connectivity index (χ2v) is 10.0.